The van der Waals surface area contributed by atoms with Gasteiger partial charge in [-0.05, 0) is 18.9 Å². The van der Waals surface area contributed by atoms with Crippen LogP contribution in [0, 0.1) is 5.92 Å². The minimum Gasteiger partial charge on any atom is -0.496 e. The number of likely N-dealkylation sites (tertiary alicyclic amines) is 1. The molecule has 2 N–H and O–H groups in total. The van der Waals surface area contributed by atoms with Gasteiger partial charge in [-0.25, -0.2) is 8.78 Å². The smallest absolute Gasteiger partial charge is 0.287 e. The second-order valence-corrected chi connectivity index (χ2v) is 7.00. The molecule has 6 nitrogen and oxygen atoms in total. The Hall–Kier alpha value is -2.22. The molecule has 2 rings (SSSR count). The summed E-state index contributed by atoms with van der Waals surface area (Å²) >= 11 is 0. The van der Waals surface area contributed by atoms with Crippen LogP contribution in [0.5, 0.6) is 5.75 Å². The van der Waals surface area contributed by atoms with Crippen LogP contribution in [-0.4, -0.2) is 54.5 Å². The van der Waals surface area contributed by atoms with Crippen molar-refractivity contribution in [3.8, 4) is 5.75 Å². The van der Waals surface area contributed by atoms with Crippen LogP contribution in [0.3, 0.4) is 0 Å². The van der Waals surface area contributed by atoms with Crippen LogP contribution < -0.4 is 10.1 Å². The summed E-state index contributed by atoms with van der Waals surface area (Å²) in [6, 6.07) is 6.54. The Morgan fingerprint density at radius 1 is 1.39 bits per heavy atom. The summed E-state index contributed by atoms with van der Waals surface area (Å²) in [5, 5.41) is 11.0. The van der Waals surface area contributed by atoms with E-state index in [4.69, 9.17) is 9.84 Å². The molecule has 0 aliphatic carbocycles. The first-order valence-electron chi connectivity index (χ1n) is 9.53. The fourth-order valence-corrected chi connectivity index (χ4v) is 3.52. The number of aliphatic hydroxyl groups is 1. The van der Waals surface area contributed by atoms with Crippen molar-refractivity contribution < 1.29 is 28.2 Å². The van der Waals surface area contributed by atoms with Crippen molar-refractivity contribution in [3.05, 3.63) is 29.8 Å². The molecule has 2 atom stereocenters. The molecule has 1 saturated heterocycles. The minimum atomic E-state index is -3.39. The second kappa shape index (κ2) is 9.82. The predicted octanol–water partition coefficient (Wildman–Crippen LogP) is 2.52. The van der Waals surface area contributed by atoms with Crippen LogP contribution in [0.15, 0.2) is 24.3 Å². The van der Waals surface area contributed by atoms with Gasteiger partial charge in [0.25, 0.3) is 5.92 Å². The number of nitrogens with one attached hydrogen (secondary N) is 1. The number of benzene rings is 1. The van der Waals surface area contributed by atoms with Gasteiger partial charge in [-0.2, -0.15) is 0 Å². The molecule has 156 valence electrons. The maximum Gasteiger partial charge on any atom is 0.287 e. The number of methoxy groups -OCH3 is 1. The number of ether oxygens (including phenoxy) is 1. The fraction of sp³-hybridized carbons (Fsp3) is 0.600. The molecule has 1 aliphatic heterocycles. The van der Waals surface area contributed by atoms with E-state index in [0.717, 1.165) is 12.8 Å². The van der Waals surface area contributed by atoms with E-state index in [1.54, 1.807) is 29.2 Å². The molecule has 8 heteroatoms. The van der Waals surface area contributed by atoms with Crippen LogP contribution in [0.25, 0.3) is 0 Å². The summed E-state index contributed by atoms with van der Waals surface area (Å²) in [7, 11) is 1.51. The fourth-order valence-electron chi connectivity index (χ4n) is 3.52. The number of amides is 2. The van der Waals surface area contributed by atoms with Crippen LogP contribution in [0.1, 0.15) is 44.2 Å². The number of carbonyl (C=O) groups is 2. The first kappa shape index (κ1) is 22.1. The number of aliphatic hydroxyl groups excluding tert-OH is 1. The zero-order valence-corrected chi connectivity index (χ0v) is 16.3. The highest BCUT2D eigenvalue weighted by Gasteiger charge is 2.42. The van der Waals surface area contributed by atoms with Gasteiger partial charge in [0.15, 0.2) is 0 Å². The number of piperidine rings is 1. The zero-order valence-electron chi connectivity index (χ0n) is 16.3. The Balaban J connectivity index is 2.35. The van der Waals surface area contributed by atoms with Crippen LogP contribution in [-0.2, 0) is 9.59 Å². The van der Waals surface area contributed by atoms with Crippen molar-refractivity contribution >= 4 is 11.8 Å². The summed E-state index contributed by atoms with van der Waals surface area (Å²) in [5.41, 5.74) is 0.684. The third-order valence-electron chi connectivity index (χ3n) is 5.01. The summed E-state index contributed by atoms with van der Waals surface area (Å²) in [6.07, 6.45) is 2.10. The molecular formula is C20H28F2N2O4. The summed E-state index contributed by atoms with van der Waals surface area (Å²) in [5.74, 6) is -4.14. The van der Waals surface area contributed by atoms with Crippen molar-refractivity contribution in [3.63, 3.8) is 0 Å². The van der Waals surface area contributed by atoms with Crippen LogP contribution >= 0.6 is 0 Å². The molecule has 0 spiro atoms. The molecule has 1 heterocycles. The van der Waals surface area contributed by atoms with E-state index in [0.29, 0.717) is 17.9 Å². The third kappa shape index (κ3) is 5.19. The number of rotatable bonds is 9. The van der Waals surface area contributed by atoms with E-state index in [9.17, 15) is 18.4 Å². The standard InChI is InChI=1S/C20H28F2N2O4/c1-3-4-11-24-17(26)10-9-15(19(27)23-12-20(21,22)13-25)18(24)14-7-5-6-8-16(14)28-2/h5-8,15,18,25H,3-4,9-13H2,1-2H3,(H,23,27)/t15-,18+/m1/s1. The second-order valence-electron chi connectivity index (χ2n) is 7.00. The highest BCUT2D eigenvalue weighted by Crippen LogP contribution is 2.40. The van der Waals surface area contributed by atoms with Crippen molar-refractivity contribution in [1.82, 2.24) is 10.2 Å². The molecule has 0 unspecified atom stereocenters. The van der Waals surface area contributed by atoms with Gasteiger partial charge in [-0.1, -0.05) is 31.5 Å². The molecule has 1 aromatic carbocycles. The number of halogens is 2. The van der Waals surface area contributed by atoms with Gasteiger partial charge in [0, 0.05) is 18.5 Å². The number of nitrogens with zero attached hydrogens (tertiary/aromatic N) is 1. The Bertz CT molecular complexity index is 684. The first-order chi connectivity index (χ1) is 13.3. The maximum atomic E-state index is 13.4. The molecule has 28 heavy (non-hydrogen) atoms. The van der Waals surface area contributed by atoms with Crippen molar-refractivity contribution in [1.29, 1.82) is 0 Å². The lowest BCUT2D eigenvalue weighted by Crippen LogP contribution is -2.50. The quantitative estimate of drug-likeness (QED) is 0.670. The molecule has 0 radical (unpaired) electrons. The summed E-state index contributed by atoms with van der Waals surface area (Å²) < 4.78 is 32.2. The number of para-hydroxylation sites is 1. The Morgan fingerprint density at radius 2 is 2.11 bits per heavy atom. The predicted molar refractivity (Wildman–Crippen MR) is 100 cm³/mol. The van der Waals surface area contributed by atoms with Gasteiger partial charge in [-0.3, -0.25) is 9.59 Å². The van der Waals surface area contributed by atoms with Gasteiger partial charge < -0.3 is 20.1 Å². The van der Waals surface area contributed by atoms with Gasteiger partial charge in [-0.15, -0.1) is 0 Å². The zero-order chi connectivity index (χ0) is 20.7. The molecule has 1 aliphatic rings. The van der Waals surface area contributed by atoms with Crippen molar-refractivity contribution in [2.24, 2.45) is 5.92 Å². The monoisotopic (exact) mass is 398 g/mol. The largest absolute Gasteiger partial charge is 0.496 e. The van der Waals surface area contributed by atoms with E-state index in [2.05, 4.69) is 5.32 Å². The Labute approximate surface area is 163 Å². The number of hydrogen-bond donors (Lipinski definition) is 2. The number of hydrogen-bond acceptors (Lipinski definition) is 4. The van der Waals surface area contributed by atoms with Crippen molar-refractivity contribution in [2.75, 3.05) is 26.8 Å². The van der Waals surface area contributed by atoms with Gasteiger partial charge in [0.1, 0.15) is 12.4 Å². The van der Waals surface area contributed by atoms with E-state index < -0.39 is 36.9 Å². The van der Waals surface area contributed by atoms with Crippen LogP contribution in [0.2, 0.25) is 0 Å². The maximum absolute atomic E-state index is 13.4. The topological polar surface area (TPSA) is 78.9 Å². The van der Waals surface area contributed by atoms with Crippen molar-refractivity contribution in [2.45, 2.75) is 44.6 Å². The summed E-state index contributed by atoms with van der Waals surface area (Å²) in [6.45, 7) is 0.206. The normalized spacial score (nSPS) is 20.2. The summed E-state index contributed by atoms with van der Waals surface area (Å²) in [4.78, 5) is 27.0. The van der Waals surface area contributed by atoms with E-state index in [-0.39, 0.29) is 18.7 Å². The van der Waals surface area contributed by atoms with Crippen LogP contribution in [0.4, 0.5) is 8.78 Å². The molecule has 1 fully saturated rings. The number of alkyl halides is 2. The molecule has 0 aromatic heterocycles. The average Bonchev–Trinajstić information content (AvgIpc) is 2.71. The first-order valence-corrected chi connectivity index (χ1v) is 9.53. The number of unbranched alkanes of at least 4 members (excludes halogenated alkanes) is 1. The lowest BCUT2D eigenvalue weighted by Gasteiger charge is -2.41. The Kier molecular flexibility index (Phi) is 7.74. The molecule has 0 bridgehead atoms. The highest BCUT2D eigenvalue weighted by atomic mass is 19.3. The molecular weight excluding hydrogens is 370 g/mol. The SMILES string of the molecule is CCCCN1C(=O)CC[C@@H](C(=O)NCC(F)(F)CO)[C@@H]1c1ccccc1OC. The van der Waals surface area contributed by atoms with E-state index in [1.807, 2.05) is 6.92 Å². The van der Waals surface area contributed by atoms with Gasteiger partial charge >= 0.3 is 0 Å². The molecule has 2 amide bonds. The average molecular weight is 398 g/mol. The van der Waals surface area contributed by atoms with Gasteiger partial charge in [0.2, 0.25) is 11.8 Å². The van der Waals surface area contributed by atoms with E-state index in [1.165, 1.54) is 7.11 Å². The van der Waals surface area contributed by atoms with Gasteiger partial charge in [0.05, 0.1) is 25.6 Å². The Morgan fingerprint density at radius 3 is 2.75 bits per heavy atom. The number of carbonyl (C=O) groups excluding carboxylic acids is 2. The molecule has 1 aromatic rings. The third-order valence-corrected chi connectivity index (χ3v) is 5.01. The lowest BCUT2D eigenvalue weighted by atomic mass is 9.83. The molecule has 0 saturated carbocycles. The van der Waals surface area contributed by atoms with E-state index >= 15 is 0 Å². The minimum absolute atomic E-state index is 0.0610. The highest BCUT2D eigenvalue weighted by molar-refractivity contribution is 5.85. The lowest BCUT2D eigenvalue weighted by molar-refractivity contribution is -0.144.